The van der Waals surface area contributed by atoms with E-state index >= 15 is 0 Å². The summed E-state index contributed by atoms with van der Waals surface area (Å²) in [7, 11) is 1.31. The molecule has 7 heteroatoms. The first-order chi connectivity index (χ1) is 12.4. The zero-order valence-corrected chi connectivity index (χ0v) is 15.4. The van der Waals surface area contributed by atoms with Crippen LogP contribution < -0.4 is 5.32 Å². The molecule has 3 rings (SSSR count). The quantitative estimate of drug-likeness (QED) is 0.709. The summed E-state index contributed by atoms with van der Waals surface area (Å²) in [6.45, 7) is 3.57. The number of fused-ring (bicyclic) bond motifs is 1. The highest BCUT2D eigenvalue weighted by atomic mass is 35.5. The van der Waals surface area contributed by atoms with Crippen molar-refractivity contribution in [2.45, 2.75) is 20.4 Å². The van der Waals surface area contributed by atoms with Crippen LogP contribution in [0.3, 0.4) is 0 Å². The predicted octanol–water partition coefficient (Wildman–Crippen LogP) is 3.73. The zero-order chi connectivity index (χ0) is 18.8. The number of methoxy groups -OCH3 is 1. The number of rotatable bonds is 4. The van der Waals surface area contributed by atoms with Crippen molar-refractivity contribution in [3.05, 3.63) is 58.4 Å². The van der Waals surface area contributed by atoms with Crippen LogP contribution in [-0.4, -0.2) is 28.8 Å². The van der Waals surface area contributed by atoms with Gasteiger partial charge in [-0.05, 0) is 36.8 Å². The largest absolute Gasteiger partial charge is 0.465 e. The van der Waals surface area contributed by atoms with E-state index in [1.54, 1.807) is 26.0 Å². The van der Waals surface area contributed by atoms with Crippen LogP contribution >= 0.6 is 11.6 Å². The van der Waals surface area contributed by atoms with Crippen molar-refractivity contribution in [2.24, 2.45) is 0 Å². The van der Waals surface area contributed by atoms with Crippen LogP contribution in [0.1, 0.15) is 21.7 Å². The van der Waals surface area contributed by atoms with Crippen LogP contribution in [0.4, 0.5) is 5.69 Å². The van der Waals surface area contributed by atoms with E-state index in [0.29, 0.717) is 27.7 Å². The molecule has 0 aliphatic heterocycles. The van der Waals surface area contributed by atoms with E-state index in [9.17, 15) is 9.59 Å². The lowest BCUT2D eigenvalue weighted by atomic mass is 10.0. The fourth-order valence-electron chi connectivity index (χ4n) is 2.78. The van der Waals surface area contributed by atoms with Gasteiger partial charge >= 0.3 is 5.97 Å². The SMILES string of the molecule is COC(=O)c1cc2ccccc2cc1NC(=O)Cn1nc(C)c(Cl)c1C. The van der Waals surface area contributed by atoms with Gasteiger partial charge in [0.15, 0.2) is 0 Å². The Morgan fingerprint density at radius 2 is 1.85 bits per heavy atom. The van der Waals surface area contributed by atoms with Crippen molar-refractivity contribution in [1.82, 2.24) is 9.78 Å². The number of esters is 1. The van der Waals surface area contributed by atoms with Gasteiger partial charge in [0.1, 0.15) is 6.54 Å². The number of amides is 1. The molecule has 26 heavy (non-hydrogen) atoms. The van der Waals surface area contributed by atoms with Gasteiger partial charge in [-0.1, -0.05) is 35.9 Å². The van der Waals surface area contributed by atoms with Gasteiger partial charge in [-0.15, -0.1) is 0 Å². The Balaban J connectivity index is 1.92. The average molecular weight is 372 g/mol. The van der Waals surface area contributed by atoms with Crippen molar-refractivity contribution >= 4 is 39.9 Å². The molecule has 3 aromatic rings. The van der Waals surface area contributed by atoms with Crippen LogP contribution in [0, 0.1) is 13.8 Å². The normalized spacial score (nSPS) is 10.8. The monoisotopic (exact) mass is 371 g/mol. The lowest BCUT2D eigenvalue weighted by Gasteiger charge is -2.12. The molecule has 0 unspecified atom stereocenters. The molecule has 0 aliphatic carbocycles. The highest BCUT2D eigenvalue weighted by Crippen LogP contribution is 2.25. The maximum absolute atomic E-state index is 12.5. The second-order valence-electron chi connectivity index (χ2n) is 5.93. The van der Waals surface area contributed by atoms with E-state index in [0.717, 1.165) is 10.8 Å². The first-order valence-corrected chi connectivity index (χ1v) is 8.39. The molecule has 0 aliphatic rings. The predicted molar refractivity (Wildman–Crippen MR) is 101 cm³/mol. The Hall–Kier alpha value is -2.86. The maximum atomic E-state index is 12.5. The number of nitrogens with one attached hydrogen (secondary N) is 1. The van der Waals surface area contributed by atoms with Crippen LogP contribution in [0.5, 0.6) is 0 Å². The van der Waals surface area contributed by atoms with Crippen molar-refractivity contribution in [1.29, 1.82) is 0 Å². The lowest BCUT2D eigenvalue weighted by Crippen LogP contribution is -2.22. The summed E-state index contributed by atoms with van der Waals surface area (Å²) in [4.78, 5) is 24.6. The standard InChI is InChI=1S/C19H18ClN3O3/c1-11-18(20)12(2)23(22-11)10-17(24)21-16-9-14-7-5-4-6-13(14)8-15(16)19(25)26-3/h4-9H,10H2,1-3H3,(H,21,24). The third-order valence-corrected chi connectivity index (χ3v) is 4.70. The molecule has 0 atom stereocenters. The summed E-state index contributed by atoms with van der Waals surface area (Å²) in [5.74, 6) is -0.826. The number of hydrogen-bond donors (Lipinski definition) is 1. The molecule has 134 valence electrons. The molecule has 1 amide bonds. The molecule has 0 radical (unpaired) electrons. The number of carbonyl (C=O) groups excluding carboxylic acids is 2. The summed E-state index contributed by atoms with van der Waals surface area (Å²) in [6, 6.07) is 11.0. The second kappa shape index (κ2) is 7.17. The first kappa shape index (κ1) is 17.9. The van der Waals surface area contributed by atoms with Gasteiger partial charge in [-0.2, -0.15) is 5.10 Å². The van der Waals surface area contributed by atoms with Gasteiger partial charge in [-0.3, -0.25) is 9.48 Å². The molecule has 0 saturated carbocycles. The molecule has 2 aromatic carbocycles. The zero-order valence-electron chi connectivity index (χ0n) is 14.7. The second-order valence-corrected chi connectivity index (χ2v) is 6.31. The molecule has 6 nitrogen and oxygen atoms in total. The molecule has 0 spiro atoms. The van der Waals surface area contributed by atoms with Gasteiger partial charge in [0.25, 0.3) is 0 Å². The lowest BCUT2D eigenvalue weighted by molar-refractivity contribution is -0.116. The van der Waals surface area contributed by atoms with Gasteiger partial charge in [0, 0.05) is 0 Å². The summed E-state index contributed by atoms with van der Waals surface area (Å²) in [6.07, 6.45) is 0. The number of ether oxygens (including phenoxy) is 1. The van der Waals surface area contributed by atoms with Gasteiger partial charge < -0.3 is 10.1 Å². The third kappa shape index (κ3) is 3.41. The van der Waals surface area contributed by atoms with Crippen LogP contribution in [0.2, 0.25) is 5.02 Å². The summed E-state index contributed by atoms with van der Waals surface area (Å²) >= 11 is 6.12. The van der Waals surface area contributed by atoms with Crippen molar-refractivity contribution in [3.63, 3.8) is 0 Å². The minimum absolute atomic E-state index is 0.00711. The number of aromatic nitrogens is 2. The topological polar surface area (TPSA) is 73.2 Å². The van der Waals surface area contributed by atoms with E-state index < -0.39 is 5.97 Å². The Labute approximate surface area is 155 Å². The number of anilines is 1. The fourth-order valence-corrected chi connectivity index (χ4v) is 2.91. The van der Waals surface area contributed by atoms with Crippen LogP contribution in [0.15, 0.2) is 36.4 Å². The number of hydrogen-bond acceptors (Lipinski definition) is 4. The summed E-state index contributed by atoms with van der Waals surface area (Å²) in [5, 5.41) is 9.36. The molecule has 1 aromatic heterocycles. The minimum Gasteiger partial charge on any atom is -0.465 e. The molecule has 1 heterocycles. The van der Waals surface area contributed by atoms with E-state index in [1.165, 1.54) is 11.8 Å². The highest BCUT2D eigenvalue weighted by molar-refractivity contribution is 6.31. The van der Waals surface area contributed by atoms with E-state index in [1.807, 2.05) is 24.3 Å². The number of benzene rings is 2. The van der Waals surface area contributed by atoms with Gasteiger partial charge in [0.2, 0.25) is 5.91 Å². The van der Waals surface area contributed by atoms with Crippen molar-refractivity contribution < 1.29 is 14.3 Å². The highest BCUT2D eigenvalue weighted by Gasteiger charge is 2.17. The van der Waals surface area contributed by atoms with Gasteiger partial charge in [0.05, 0.1) is 34.8 Å². The number of aryl methyl sites for hydroxylation is 1. The molecule has 1 N–H and O–H groups in total. The Bertz CT molecular complexity index is 1010. The smallest absolute Gasteiger partial charge is 0.339 e. The Morgan fingerprint density at radius 3 is 2.42 bits per heavy atom. The molecule has 0 saturated heterocycles. The molecular weight excluding hydrogens is 354 g/mol. The van der Waals surface area contributed by atoms with Crippen molar-refractivity contribution in [2.75, 3.05) is 12.4 Å². The van der Waals surface area contributed by atoms with Crippen molar-refractivity contribution in [3.8, 4) is 0 Å². The first-order valence-electron chi connectivity index (χ1n) is 8.01. The van der Waals surface area contributed by atoms with E-state index in [4.69, 9.17) is 16.3 Å². The van der Waals surface area contributed by atoms with Gasteiger partial charge in [-0.25, -0.2) is 4.79 Å². The fraction of sp³-hybridized carbons (Fsp3) is 0.211. The molecular formula is C19H18ClN3O3. The van der Waals surface area contributed by atoms with E-state index in [-0.39, 0.29) is 12.5 Å². The van der Waals surface area contributed by atoms with Crippen LogP contribution in [-0.2, 0) is 16.1 Å². The molecule has 0 fully saturated rings. The van der Waals surface area contributed by atoms with E-state index in [2.05, 4.69) is 10.4 Å². The summed E-state index contributed by atoms with van der Waals surface area (Å²) < 4.78 is 6.37. The number of nitrogens with zero attached hydrogens (tertiary/aromatic N) is 2. The molecule has 0 bridgehead atoms. The maximum Gasteiger partial charge on any atom is 0.339 e. The third-order valence-electron chi connectivity index (χ3n) is 4.15. The minimum atomic E-state index is -0.514. The summed E-state index contributed by atoms with van der Waals surface area (Å²) in [5.41, 5.74) is 2.07. The Morgan fingerprint density at radius 1 is 1.19 bits per heavy atom. The number of halogens is 1. The average Bonchev–Trinajstić information content (AvgIpc) is 2.87. The van der Waals surface area contributed by atoms with Crippen LogP contribution in [0.25, 0.3) is 10.8 Å². The number of carbonyl (C=O) groups is 2. The Kier molecular flexibility index (Phi) is 4.95.